The van der Waals surface area contributed by atoms with Crippen LogP contribution in [0, 0.1) is 6.92 Å². The lowest BCUT2D eigenvalue weighted by molar-refractivity contribution is -0.119. The summed E-state index contributed by atoms with van der Waals surface area (Å²) in [4.78, 5) is 29.0. The highest BCUT2D eigenvalue weighted by Crippen LogP contribution is 2.20. The number of hydrogen-bond acceptors (Lipinski definition) is 5. The SMILES string of the molecule is Cc1cc(-n2cncn2)ccc1C(=O)NNC(=O)CSc1ccc(Cl)cc1. The molecule has 0 fully saturated rings. The van der Waals surface area contributed by atoms with E-state index in [2.05, 4.69) is 20.9 Å². The molecule has 9 heteroatoms. The van der Waals surface area contributed by atoms with Crippen LogP contribution < -0.4 is 10.9 Å². The van der Waals surface area contributed by atoms with E-state index < -0.39 is 0 Å². The van der Waals surface area contributed by atoms with E-state index in [-0.39, 0.29) is 17.6 Å². The predicted molar refractivity (Wildman–Crippen MR) is 104 cm³/mol. The number of nitrogens with zero attached hydrogens (tertiary/aromatic N) is 3. The first kappa shape index (κ1) is 18.9. The second-order valence-electron chi connectivity index (χ2n) is 5.58. The molecule has 0 radical (unpaired) electrons. The van der Waals surface area contributed by atoms with E-state index in [1.54, 1.807) is 35.3 Å². The van der Waals surface area contributed by atoms with Crippen LogP contribution in [-0.4, -0.2) is 32.3 Å². The van der Waals surface area contributed by atoms with Crippen molar-refractivity contribution in [1.29, 1.82) is 0 Å². The number of aryl methyl sites for hydroxylation is 1. The summed E-state index contributed by atoms with van der Waals surface area (Å²) in [6.07, 6.45) is 3.01. The van der Waals surface area contributed by atoms with Gasteiger partial charge in [0.25, 0.3) is 5.91 Å². The number of thioether (sulfide) groups is 1. The van der Waals surface area contributed by atoms with Crippen molar-refractivity contribution < 1.29 is 9.59 Å². The van der Waals surface area contributed by atoms with Gasteiger partial charge in [-0.3, -0.25) is 20.4 Å². The van der Waals surface area contributed by atoms with Crippen LogP contribution >= 0.6 is 23.4 Å². The maximum atomic E-state index is 12.3. The molecule has 3 rings (SSSR count). The second-order valence-corrected chi connectivity index (χ2v) is 7.07. The van der Waals surface area contributed by atoms with Crippen molar-refractivity contribution in [2.24, 2.45) is 0 Å². The van der Waals surface area contributed by atoms with Gasteiger partial charge in [0, 0.05) is 15.5 Å². The molecule has 1 aromatic heterocycles. The molecular formula is C18H16ClN5O2S. The van der Waals surface area contributed by atoms with Crippen molar-refractivity contribution in [1.82, 2.24) is 25.6 Å². The molecule has 2 amide bonds. The zero-order valence-electron chi connectivity index (χ0n) is 14.3. The van der Waals surface area contributed by atoms with Gasteiger partial charge in [-0.05, 0) is 55.0 Å². The Morgan fingerprint density at radius 2 is 1.93 bits per heavy atom. The molecule has 0 aliphatic rings. The molecule has 0 spiro atoms. The van der Waals surface area contributed by atoms with Crippen LogP contribution in [0.2, 0.25) is 5.02 Å². The Labute approximate surface area is 165 Å². The van der Waals surface area contributed by atoms with Crippen molar-refractivity contribution >= 4 is 35.2 Å². The summed E-state index contributed by atoms with van der Waals surface area (Å²) in [5.74, 6) is -0.519. The summed E-state index contributed by atoms with van der Waals surface area (Å²) in [5, 5.41) is 4.69. The second kappa shape index (κ2) is 8.70. The summed E-state index contributed by atoms with van der Waals surface area (Å²) in [5.41, 5.74) is 6.86. The molecule has 7 nitrogen and oxygen atoms in total. The number of benzene rings is 2. The summed E-state index contributed by atoms with van der Waals surface area (Å²) < 4.78 is 1.60. The van der Waals surface area contributed by atoms with Gasteiger partial charge in [-0.2, -0.15) is 5.10 Å². The van der Waals surface area contributed by atoms with E-state index in [1.165, 1.54) is 18.1 Å². The number of hydrogen-bond donors (Lipinski definition) is 2. The van der Waals surface area contributed by atoms with E-state index in [9.17, 15) is 9.59 Å². The fourth-order valence-electron chi connectivity index (χ4n) is 2.30. The van der Waals surface area contributed by atoms with Gasteiger partial charge in [0.05, 0.1) is 11.4 Å². The number of rotatable bonds is 5. The van der Waals surface area contributed by atoms with Gasteiger partial charge >= 0.3 is 0 Å². The van der Waals surface area contributed by atoms with E-state index >= 15 is 0 Å². The number of carbonyl (C=O) groups excluding carboxylic acids is 2. The van der Waals surface area contributed by atoms with Crippen molar-refractivity contribution in [3.05, 3.63) is 71.3 Å². The number of halogens is 1. The number of hydrazine groups is 1. The quantitative estimate of drug-likeness (QED) is 0.507. The normalized spacial score (nSPS) is 10.4. The minimum atomic E-state index is -0.387. The largest absolute Gasteiger partial charge is 0.272 e. The molecule has 0 aliphatic heterocycles. The standard InChI is InChI=1S/C18H16ClN5O2S/c1-12-8-14(24-11-20-10-21-24)4-7-16(12)18(26)23-22-17(25)9-27-15-5-2-13(19)3-6-15/h2-8,10-11H,9H2,1H3,(H,22,25)(H,23,26). The lowest BCUT2D eigenvalue weighted by Crippen LogP contribution is -2.42. The minimum Gasteiger partial charge on any atom is -0.272 e. The molecule has 138 valence electrons. The van der Waals surface area contributed by atoms with Crippen LogP contribution in [0.3, 0.4) is 0 Å². The highest BCUT2D eigenvalue weighted by Gasteiger charge is 2.11. The van der Waals surface area contributed by atoms with Gasteiger partial charge < -0.3 is 0 Å². The summed E-state index contributed by atoms with van der Waals surface area (Å²) in [7, 11) is 0. The van der Waals surface area contributed by atoms with Gasteiger partial charge in [0.2, 0.25) is 5.91 Å². The Kier molecular flexibility index (Phi) is 6.10. The summed E-state index contributed by atoms with van der Waals surface area (Å²) in [6.45, 7) is 1.81. The maximum Gasteiger partial charge on any atom is 0.269 e. The molecule has 2 N–H and O–H groups in total. The summed E-state index contributed by atoms with van der Waals surface area (Å²) in [6, 6.07) is 12.4. The lowest BCUT2D eigenvalue weighted by atomic mass is 10.1. The monoisotopic (exact) mass is 401 g/mol. The Morgan fingerprint density at radius 3 is 2.59 bits per heavy atom. The number of amides is 2. The average molecular weight is 402 g/mol. The fourth-order valence-corrected chi connectivity index (χ4v) is 3.12. The first-order valence-corrected chi connectivity index (χ1v) is 9.32. The lowest BCUT2D eigenvalue weighted by Gasteiger charge is -2.10. The van der Waals surface area contributed by atoms with Crippen molar-refractivity contribution in [3.8, 4) is 5.69 Å². The van der Waals surface area contributed by atoms with E-state index in [0.717, 1.165) is 16.1 Å². The topological polar surface area (TPSA) is 88.9 Å². The molecule has 1 heterocycles. The van der Waals surface area contributed by atoms with Crippen molar-refractivity contribution in [2.45, 2.75) is 11.8 Å². The fraction of sp³-hybridized carbons (Fsp3) is 0.111. The molecule has 2 aromatic carbocycles. The third-order valence-corrected chi connectivity index (χ3v) is 4.90. The highest BCUT2D eigenvalue weighted by molar-refractivity contribution is 8.00. The summed E-state index contributed by atoms with van der Waals surface area (Å²) >= 11 is 7.18. The first-order valence-electron chi connectivity index (χ1n) is 7.96. The molecular weight excluding hydrogens is 386 g/mol. The Morgan fingerprint density at radius 1 is 1.15 bits per heavy atom. The third kappa shape index (κ3) is 5.08. The molecule has 0 saturated heterocycles. The van der Waals surface area contributed by atoms with E-state index in [4.69, 9.17) is 11.6 Å². The Balaban J connectivity index is 1.52. The van der Waals surface area contributed by atoms with Crippen molar-refractivity contribution in [3.63, 3.8) is 0 Å². The van der Waals surface area contributed by atoms with Crippen LogP contribution in [0.25, 0.3) is 5.69 Å². The van der Waals surface area contributed by atoms with Gasteiger partial charge in [-0.15, -0.1) is 11.8 Å². The predicted octanol–water partition coefficient (Wildman–Crippen LogP) is 2.78. The Bertz CT molecular complexity index is 945. The van der Waals surface area contributed by atoms with Crippen molar-refractivity contribution in [2.75, 3.05) is 5.75 Å². The van der Waals surface area contributed by atoms with Gasteiger partial charge in [-0.1, -0.05) is 11.6 Å². The third-order valence-electron chi connectivity index (χ3n) is 3.64. The number of aromatic nitrogens is 3. The first-order chi connectivity index (χ1) is 13.0. The van der Waals surface area contributed by atoms with Crippen LogP contribution in [-0.2, 0) is 4.79 Å². The van der Waals surface area contributed by atoms with Crippen LogP contribution in [0.4, 0.5) is 0 Å². The molecule has 0 saturated carbocycles. The maximum absolute atomic E-state index is 12.3. The van der Waals surface area contributed by atoms with Crippen LogP contribution in [0.15, 0.2) is 60.0 Å². The minimum absolute atomic E-state index is 0.173. The molecule has 0 bridgehead atoms. The Hall–Kier alpha value is -2.84. The highest BCUT2D eigenvalue weighted by atomic mass is 35.5. The molecule has 3 aromatic rings. The van der Waals surface area contributed by atoms with E-state index in [0.29, 0.717) is 10.6 Å². The van der Waals surface area contributed by atoms with Gasteiger partial charge in [-0.25, -0.2) is 9.67 Å². The number of nitrogens with one attached hydrogen (secondary N) is 2. The molecule has 0 aliphatic carbocycles. The molecule has 0 unspecified atom stereocenters. The molecule has 27 heavy (non-hydrogen) atoms. The average Bonchev–Trinajstić information content (AvgIpc) is 3.20. The smallest absolute Gasteiger partial charge is 0.269 e. The van der Waals surface area contributed by atoms with Gasteiger partial charge in [0.1, 0.15) is 12.7 Å². The van der Waals surface area contributed by atoms with Crippen LogP contribution in [0.1, 0.15) is 15.9 Å². The zero-order chi connectivity index (χ0) is 19.2. The zero-order valence-corrected chi connectivity index (χ0v) is 15.9. The number of carbonyl (C=O) groups is 2. The van der Waals surface area contributed by atoms with E-state index in [1.807, 2.05) is 25.1 Å². The van der Waals surface area contributed by atoms with Crippen LogP contribution in [0.5, 0.6) is 0 Å². The molecule has 0 atom stereocenters. The van der Waals surface area contributed by atoms with Gasteiger partial charge in [0.15, 0.2) is 0 Å².